The minimum atomic E-state index is -0.522. The molecular weight excluding hydrogens is 389 g/mol. The molecule has 1 aromatic carbocycles. The first kappa shape index (κ1) is 18.4. The number of aromatic amines is 1. The number of rotatable bonds is 4. The van der Waals surface area contributed by atoms with Crippen LogP contribution in [0.15, 0.2) is 24.3 Å². The SMILES string of the molecule is Cc1cc2[nH]c(C(=O)Nc3cc(Cl)ccc3F)c(CN3CCOCC3)c2s1. The van der Waals surface area contributed by atoms with Crippen molar-refractivity contribution in [2.45, 2.75) is 13.5 Å². The predicted molar refractivity (Wildman–Crippen MR) is 106 cm³/mol. The number of hydrogen-bond acceptors (Lipinski definition) is 4. The second kappa shape index (κ2) is 7.59. The van der Waals surface area contributed by atoms with Crippen LogP contribution in [-0.4, -0.2) is 42.1 Å². The smallest absolute Gasteiger partial charge is 0.272 e. The van der Waals surface area contributed by atoms with E-state index in [1.807, 2.05) is 13.0 Å². The van der Waals surface area contributed by atoms with Crippen LogP contribution in [0.25, 0.3) is 10.2 Å². The highest BCUT2D eigenvalue weighted by atomic mass is 35.5. The number of morpholine rings is 1. The standard InChI is InChI=1S/C19H19ClFN3O2S/c1-11-8-16-18(27-11)13(10-24-4-6-26-7-5-24)17(22-16)19(25)23-15-9-12(20)2-3-14(15)21/h2-3,8-9,22H,4-7,10H2,1H3,(H,23,25). The quantitative estimate of drug-likeness (QED) is 0.673. The van der Waals surface area contributed by atoms with E-state index >= 15 is 0 Å². The number of nitrogens with zero attached hydrogens (tertiary/aromatic N) is 1. The zero-order valence-electron chi connectivity index (χ0n) is 14.8. The summed E-state index contributed by atoms with van der Waals surface area (Å²) < 4.78 is 20.5. The summed E-state index contributed by atoms with van der Waals surface area (Å²) in [5.41, 5.74) is 2.39. The number of ether oxygens (including phenoxy) is 1. The zero-order valence-corrected chi connectivity index (χ0v) is 16.3. The maximum atomic E-state index is 14.0. The minimum Gasteiger partial charge on any atom is -0.379 e. The van der Waals surface area contributed by atoms with Gasteiger partial charge >= 0.3 is 0 Å². The topological polar surface area (TPSA) is 57.4 Å². The van der Waals surface area contributed by atoms with Gasteiger partial charge in [-0.05, 0) is 31.2 Å². The summed E-state index contributed by atoms with van der Waals surface area (Å²) in [6, 6.07) is 6.12. The van der Waals surface area contributed by atoms with Gasteiger partial charge in [0.05, 0.1) is 29.1 Å². The lowest BCUT2D eigenvalue weighted by Gasteiger charge is -2.26. The Hall–Kier alpha value is -1.93. The van der Waals surface area contributed by atoms with Gasteiger partial charge in [-0.2, -0.15) is 0 Å². The summed E-state index contributed by atoms with van der Waals surface area (Å²) in [5, 5.41) is 3.01. The number of nitrogens with one attached hydrogen (secondary N) is 2. The molecule has 0 radical (unpaired) electrons. The number of fused-ring (bicyclic) bond motifs is 1. The van der Waals surface area contributed by atoms with Gasteiger partial charge in [0.15, 0.2) is 0 Å². The molecule has 2 aromatic heterocycles. The molecular formula is C19H19ClFN3O2S. The molecule has 0 bridgehead atoms. The monoisotopic (exact) mass is 407 g/mol. The second-order valence-corrected chi connectivity index (χ2v) is 8.24. The molecule has 1 aliphatic heterocycles. The molecule has 142 valence electrons. The number of H-pyrrole nitrogens is 1. The first-order chi connectivity index (χ1) is 13.0. The van der Waals surface area contributed by atoms with Crippen LogP contribution in [0.5, 0.6) is 0 Å². The Bertz CT molecular complexity index is 994. The third kappa shape index (κ3) is 3.87. The summed E-state index contributed by atoms with van der Waals surface area (Å²) in [7, 11) is 0. The van der Waals surface area contributed by atoms with Gasteiger partial charge in [0, 0.05) is 35.1 Å². The molecule has 1 aliphatic rings. The van der Waals surface area contributed by atoms with Crippen LogP contribution in [0.1, 0.15) is 20.9 Å². The highest BCUT2D eigenvalue weighted by Crippen LogP contribution is 2.32. The first-order valence-corrected chi connectivity index (χ1v) is 9.88. The van der Waals surface area contributed by atoms with E-state index in [0.29, 0.717) is 30.5 Å². The number of anilines is 1. The van der Waals surface area contributed by atoms with Crippen molar-refractivity contribution in [2.75, 3.05) is 31.6 Å². The van der Waals surface area contributed by atoms with Gasteiger partial charge in [-0.1, -0.05) is 11.6 Å². The lowest BCUT2D eigenvalue weighted by Crippen LogP contribution is -2.36. The fourth-order valence-corrected chi connectivity index (χ4v) is 4.44. The van der Waals surface area contributed by atoms with Gasteiger partial charge in [-0.15, -0.1) is 11.3 Å². The van der Waals surface area contributed by atoms with Crippen molar-refractivity contribution in [1.82, 2.24) is 9.88 Å². The Labute approximate surface area is 165 Å². The van der Waals surface area contributed by atoms with Gasteiger partial charge < -0.3 is 15.0 Å². The summed E-state index contributed by atoms with van der Waals surface area (Å²) >= 11 is 7.58. The zero-order chi connectivity index (χ0) is 19.0. The van der Waals surface area contributed by atoms with Gasteiger partial charge in [0.25, 0.3) is 5.91 Å². The van der Waals surface area contributed by atoms with Crippen molar-refractivity contribution in [3.63, 3.8) is 0 Å². The minimum absolute atomic E-state index is 0.0685. The molecule has 0 unspecified atom stereocenters. The normalized spacial score (nSPS) is 15.4. The lowest BCUT2D eigenvalue weighted by atomic mass is 10.2. The van der Waals surface area contributed by atoms with Crippen molar-refractivity contribution in [2.24, 2.45) is 0 Å². The van der Waals surface area contributed by atoms with Crippen LogP contribution >= 0.6 is 22.9 Å². The number of amides is 1. The van der Waals surface area contributed by atoms with Crippen molar-refractivity contribution >= 4 is 44.7 Å². The van der Waals surface area contributed by atoms with E-state index in [-0.39, 0.29) is 11.6 Å². The third-order valence-electron chi connectivity index (χ3n) is 4.58. The average Bonchev–Trinajstić information content (AvgIpc) is 3.16. The van der Waals surface area contributed by atoms with Crippen LogP contribution in [-0.2, 0) is 11.3 Å². The van der Waals surface area contributed by atoms with E-state index in [1.54, 1.807) is 11.3 Å². The van der Waals surface area contributed by atoms with E-state index in [0.717, 1.165) is 28.9 Å². The van der Waals surface area contributed by atoms with Crippen molar-refractivity contribution in [3.8, 4) is 0 Å². The number of hydrogen-bond donors (Lipinski definition) is 2. The molecule has 1 amide bonds. The number of carbonyl (C=O) groups excluding carboxylic acids is 1. The summed E-state index contributed by atoms with van der Waals surface area (Å²) in [6.45, 7) is 5.70. The fraction of sp³-hybridized carbons (Fsp3) is 0.316. The van der Waals surface area contributed by atoms with E-state index in [2.05, 4.69) is 15.2 Å². The van der Waals surface area contributed by atoms with Gasteiger partial charge in [-0.3, -0.25) is 9.69 Å². The Kier molecular flexibility index (Phi) is 5.19. The van der Waals surface area contributed by atoms with Crippen molar-refractivity contribution < 1.29 is 13.9 Å². The largest absolute Gasteiger partial charge is 0.379 e. The number of aromatic nitrogens is 1. The van der Waals surface area contributed by atoms with Gasteiger partial charge in [-0.25, -0.2) is 4.39 Å². The highest BCUT2D eigenvalue weighted by molar-refractivity contribution is 7.19. The van der Waals surface area contributed by atoms with Crippen molar-refractivity contribution in [3.05, 3.63) is 51.2 Å². The molecule has 1 saturated heterocycles. The van der Waals surface area contributed by atoms with E-state index in [9.17, 15) is 9.18 Å². The van der Waals surface area contributed by atoms with E-state index in [1.165, 1.54) is 23.1 Å². The molecule has 3 aromatic rings. The van der Waals surface area contributed by atoms with Crippen LogP contribution in [0.2, 0.25) is 5.02 Å². The number of aryl methyl sites for hydroxylation is 1. The average molecular weight is 408 g/mol. The molecule has 0 spiro atoms. The molecule has 2 N–H and O–H groups in total. The maximum absolute atomic E-state index is 14.0. The van der Waals surface area contributed by atoms with E-state index < -0.39 is 5.82 Å². The molecule has 3 heterocycles. The molecule has 8 heteroatoms. The molecule has 0 aliphatic carbocycles. The van der Waals surface area contributed by atoms with Crippen LogP contribution in [0, 0.1) is 12.7 Å². The Balaban J connectivity index is 1.67. The molecule has 4 rings (SSSR count). The Morgan fingerprint density at radius 1 is 1.37 bits per heavy atom. The van der Waals surface area contributed by atoms with Crippen LogP contribution in [0.3, 0.4) is 0 Å². The van der Waals surface area contributed by atoms with Gasteiger partial charge in [0.2, 0.25) is 0 Å². The molecule has 1 fully saturated rings. The third-order valence-corrected chi connectivity index (χ3v) is 5.93. The van der Waals surface area contributed by atoms with Crippen LogP contribution < -0.4 is 5.32 Å². The molecule has 0 atom stereocenters. The number of carbonyl (C=O) groups is 1. The van der Waals surface area contributed by atoms with Gasteiger partial charge in [0.1, 0.15) is 11.5 Å². The number of halogens is 2. The Morgan fingerprint density at radius 3 is 2.93 bits per heavy atom. The Morgan fingerprint density at radius 2 is 2.15 bits per heavy atom. The molecule has 5 nitrogen and oxygen atoms in total. The first-order valence-electron chi connectivity index (χ1n) is 8.69. The molecule has 27 heavy (non-hydrogen) atoms. The fourth-order valence-electron chi connectivity index (χ4n) is 3.26. The number of benzene rings is 1. The maximum Gasteiger partial charge on any atom is 0.272 e. The van der Waals surface area contributed by atoms with E-state index in [4.69, 9.17) is 16.3 Å². The highest BCUT2D eigenvalue weighted by Gasteiger charge is 2.23. The summed E-state index contributed by atoms with van der Waals surface area (Å²) in [4.78, 5) is 19.6. The van der Waals surface area contributed by atoms with Crippen molar-refractivity contribution in [1.29, 1.82) is 0 Å². The summed E-state index contributed by atoms with van der Waals surface area (Å²) in [6.07, 6.45) is 0. The number of thiophene rings is 1. The lowest BCUT2D eigenvalue weighted by molar-refractivity contribution is 0.0343. The molecule has 0 saturated carbocycles. The summed E-state index contributed by atoms with van der Waals surface area (Å²) in [5.74, 6) is -0.896. The predicted octanol–water partition coefficient (Wildman–Crippen LogP) is 4.41. The second-order valence-electron chi connectivity index (χ2n) is 6.55. The van der Waals surface area contributed by atoms with Crippen LogP contribution in [0.4, 0.5) is 10.1 Å².